The van der Waals surface area contributed by atoms with Crippen LogP contribution in [0.5, 0.6) is 11.6 Å². The highest BCUT2D eigenvalue weighted by Crippen LogP contribution is 2.36. The molecule has 0 spiro atoms. The highest BCUT2D eigenvalue weighted by Gasteiger charge is 2.20. The van der Waals surface area contributed by atoms with E-state index in [9.17, 15) is 0 Å². The molecule has 0 aliphatic rings. The van der Waals surface area contributed by atoms with Gasteiger partial charge in [0.05, 0.1) is 24.6 Å². The van der Waals surface area contributed by atoms with E-state index in [1.165, 1.54) is 5.56 Å². The predicted molar refractivity (Wildman–Crippen MR) is 107 cm³/mol. The lowest BCUT2D eigenvalue weighted by atomic mass is 9.99. The molecule has 0 aliphatic heterocycles. The number of aromatic nitrogens is 2. The van der Waals surface area contributed by atoms with Gasteiger partial charge in [0.1, 0.15) is 11.4 Å². The second-order valence-corrected chi connectivity index (χ2v) is 6.69. The van der Waals surface area contributed by atoms with E-state index in [1.807, 2.05) is 0 Å². The molecule has 0 radical (unpaired) electrons. The van der Waals surface area contributed by atoms with Crippen LogP contribution < -0.4 is 9.47 Å². The molecule has 1 aromatic heterocycles. The summed E-state index contributed by atoms with van der Waals surface area (Å²) < 4.78 is 11.8. The first-order chi connectivity index (χ1) is 12.5. The molecule has 0 saturated carbocycles. The number of hydrogen-bond acceptors (Lipinski definition) is 4. The molecule has 2 rings (SSSR count). The molecule has 0 aliphatic carbocycles. The zero-order valence-corrected chi connectivity index (χ0v) is 17.3. The average molecular weight is 357 g/mol. The van der Waals surface area contributed by atoms with Gasteiger partial charge in [-0.1, -0.05) is 33.8 Å². The van der Waals surface area contributed by atoms with Gasteiger partial charge in [-0.3, -0.25) is 0 Å². The molecular formula is C22H32N2O2. The maximum absolute atomic E-state index is 6.17. The molecule has 1 aromatic carbocycles. The van der Waals surface area contributed by atoms with E-state index in [2.05, 4.69) is 53.7 Å². The summed E-state index contributed by atoms with van der Waals surface area (Å²) in [6.07, 6.45) is 3.69. The highest BCUT2D eigenvalue weighted by molar-refractivity contribution is 5.73. The van der Waals surface area contributed by atoms with Crippen LogP contribution in [-0.2, 0) is 12.8 Å². The van der Waals surface area contributed by atoms with Gasteiger partial charge in [-0.2, -0.15) is 0 Å². The minimum atomic E-state index is 0.181. The van der Waals surface area contributed by atoms with E-state index in [4.69, 9.17) is 19.4 Å². The van der Waals surface area contributed by atoms with Crippen LogP contribution in [0.2, 0.25) is 0 Å². The average Bonchev–Trinajstić information content (AvgIpc) is 2.65. The van der Waals surface area contributed by atoms with Crippen molar-refractivity contribution in [1.29, 1.82) is 0 Å². The van der Waals surface area contributed by atoms with Crippen molar-refractivity contribution in [1.82, 2.24) is 9.97 Å². The molecule has 4 nitrogen and oxygen atoms in total. The highest BCUT2D eigenvalue weighted by atomic mass is 16.5. The fourth-order valence-electron chi connectivity index (χ4n) is 3.26. The summed E-state index contributed by atoms with van der Waals surface area (Å²) >= 11 is 0. The van der Waals surface area contributed by atoms with E-state index < -0.39 is 0 Å². The molecule has 4 heteroatoms. The molecule has 0 bridgehead atoms. The van der Waals surface area contributed by atoms with Gasteiger partial charge >= 0.3 is 0 Å². The van der Waals surface area contributed by atoms with Crippen molar-refractivity contribution >= 4 is 0 Å². The lowest BCUT2D eigenvalue weighted by molar-refractivity contribution is 0.181. The van der Waals surface area contributed by atoms with Gasteiger partial charge in [-0.05, 0) is 56.7 Å². The van der Waals surface area contributed by atoms with E-state index in [0.29, 0.717) is 5.88 Å². The van der Waals surface area contributed by atoms with Gasteiger partial charge in [-0.25, -0.2) is 9.97 Å². The van der Waals surface area contributed by atoms with Crippen molar-refractivity contribution in [3.63, 3.8) is 0 Å². The number of methoxy groups -OCH3 is 1. The monoisotopic (exact) mass is 356 g/mol. The molecule has 2 aromatic rings. The van der Waals surface area contributed by atoms with Crippen LogP contribution in [0.1, 0.15) is 63.1 Å². The van der Waals surface area contributed by atoms with Gasteiger partial charge < -0.3 is 9.47 Å². The maximum atomic E-state index is 6.17. The zero-order chi connectivity index (χ0) is 19.3. The van der Waals surface area contributed by atoms with Crippen molar-refractivity contribution < 1.29 is 9.47 Å². The Morgan fingerprint density at radius 1 is 0.923 bits per heavy atom. The summed E-state index contributed by atoms with van der Waals surface area (Å²) in [6, 6.07) is 4.23. The second-order valence-electron chi connectivity index (χ2n) is 6.69. The Morgan fingerprint density at radius 3 is 2.12 bits per heavy atom. The summed E-state index contributed by atoms with van der Waals surface area (Å²) in [5.74, 6) is 1.53. The van der Waals surface area contributed by atoms with Crippen LogP contribution in [0.25, 0.3) is 11.3 Å². The van der Waals surface area contributed by atoms with Gasteiger partial charge in [0.25, 0.3) is 0 Å². The number of nitrogens with zero attached hydrogens (tertiary/aromatic N) is 2. The first kappa shape index (κ1) is 20.2. The molecule has 0 N–H and O–H groups in total. The third-order valence-corrected chi connectivity index (χ3v) is 4.76. The van der Waals surface area contributed by atoms with E-state index in [-0.39, 0.29) is 6.10 Å². The third-order valence-electron chi connectivity index (χ3n) is 4.76. The van der Waals surface area contributed by atoms with Crippen LogP contribution in [0.15, 0.2) is 12.1 Å². The van der Waals surface area contributed by atoms with E-state index in [1.54, 1.807) is 7.11 Å². The number of ether oxygens (including phenoxy) is 2. The van der Waals surface area contributed by atoms with Gasteiger partial charge in [-0.15, -0.1) is 0 Å². The Hall–Kier alpha value is -2.10. The minimum Gasteiger partial charge on any atom is -0.496 e. The molecule has 142 valence electrons. The van der Waals surface area contributed by atoms with Crippen LogP contribution in [0, 0.1) is 13.8 Å². The lowest BCUT2D eigenvalue weighted by Gasteiger charge is -2.20. The van der Waals surface area contributed by atoms with E-state index >= 15 is 0 Å². The lowest BCUT2D eigenvalue weighted by Crippen LogP contribution is -2.17. The van der Waals surface area contributed by atoms with Crippen LogP contribution in [-0.4, -0.2) is 23.2 Å². The summed E-state index contributed by atoms with van der Waals surface area (Å²) in [7, 11) is 1.71. The summed E-state index contributed by atoms with van der Waals surface area (Å²) in [5, 5.41) is 0. The molecule has 0 unspecified atom stereocenters. The summed E-state index contributed by atoms with van der Waals surface area (Å²) in [6.45, 7) is 12.7. The Morgan fingerprint density at radius 2 is 1.58 bits per heavy atom. The zero-order valence-electron chi connectivity index (χ0n) is 17.3. The van der Waals surface area contributed by atoms with Gasteiger partial charge in [0, 0.05) is 5.56 Å². The first-order valence-corrected chi connectivity index (χ1v) is 9.70. The number of benzene rings is 1. The van der Waals surface area contributed by atoms with Crippen molar-refractivity contribution in [3.05, 3.63) is 34.6 Å². The summed E-state index contributed by atoms with van der Waals surface area (Å²) in [5.41, 5.74) is 6.14. The molecule has 0 amide bonds. The Kier molecular flexibility index (Phi) is 7.01. The predicted octanol–water partition coefficient (Wildman–Crippen LogP) is 5.46. The van der Waals surface area contributed by atoms with Gasteiger partial charge in [0.15, 0.2) is 0 Å². The molecule has 0 fully saturated rings. The van der Waals surface area contributed by atoms with Crippen molar-refractivity contribution in [2.45, 2.75) is 73.3 Å². The smallest absolute Gasteiger partial charge is 0.236 e. The number of aryl methyl sites for hydroxylation is 4. The minimum absolute atomic E-state index is 0.181. The maximum Gasteiger partial charge on any atom is 0.236 e. The molecule has 0 atom stereocenters. The van der Waals surface area contributed by atoms with Crippen molar-refractivity contribution in [3.8, 4) is 22.9 Å². The van der Waals surface area contributed by atoms with Crippen LogP contribution >= 0.6 is 0 Å². The quantitative estimate of drug-likeness (QED) is 0.630. The second kappa shape index (κ2) is 9.02. The molecule has 1 heterocycles. The van der Waals surface area contributed by atoms with Crippen LogP contribution in [0.3, 0.4) is 0 Å². The van der Waals surface area contributed by atoms with Gasteiger partial charge in [0.2, 0.25) is 5.88 Å². The Balaban J connectivity index is 2.64. The molecule has 0 saturated heterocycles. The molecular weight excluding hydrogens is 324 g/mol. The van der Waals surface area contributed by atoms with Crippen molar-refractivity contribution in [2.75, 3.05) is 7.11 Å². The number of rotatable bonds is 8. The first-order valence-electron chi connectivity index (χ1n) is 9.70. The van der Waals surface area contributed by atoms with E-state index in [0.717, 1.165) is 59.6 Å². The Labute approximate surface area is 158 Å². The topological polar surface area (TPSA) is 44.2 Å². The SMILES string of the molecule is CCc1nc(-c2c(C)cc(C)cc2OC)c(CC)nc1OC(CC)CC. The molecule has 26 heavy (non-hydrogen) atoms. The normalized spacial score (nSPS) is 11.1. The summed E-state index contributed by atoms with van der Waals surface area (Å²) in [4.78, 5) is 9.86. The number of hydrogen-bond donors (Lipinski definition) is 0. The largest absolute Gasteiger partial charge is 0.496 e. The standard InChI is InChI=1S/C22H32N2O2/c1-8-16(9-2)26-22-18(11-4)23-21(17(10-3)24-22)20-15(6)12-14(5)13-19(20)25-7/h12-13,16H,8-11H2,1-7H3. The third kappa shape index (κ3) is 4.17. The van der Waals surface area contributed by atoms with Crippen molar-refractivity contribution in [2.24, 2.45) is 0 Å². The fraction of sp³-hybridized carbons (Fsp3) is 0.545. The fourth-order valence-corrected chi connectivity index (χ4v) is 3.26. The Bertz CT molecular complexity index is 752. The van der Waals surface area contributed by atoms with Crippen LogP contribution in [0.4, 0.5) is 0 Å².